The summed E-state index contributed by atoms with van der Waals surface area (Å²) in [5.41, 5.74) is 0.731. The normalized spacial score (nSPS) is 31.6. The molecule has 0 aromatic heterocycles. The summed E-state index contributed by atoms with van der Waals surface area (Å²) in [4.78, 5) is 0. The third-order valence-electron chi connectivity index (χ3n) is 4.78. The summed E-state index contributed by atoms with van der Waals surface area (Å²) in [7, 11) is 0. The van der Waals surface area contributed by atoms with Gasteiger partial charge in [-0.05, 0) is 19.3 Å². The first kappa shape index (κ1) is 13.8. The third-order valence-corrected chi connectivity index (χ3v) is 4.78. The van der Waals surface area contributed by atoms with Crippen molar-refractivity contribution >= 4 is 0 Å². The highest BCUT2D eigenvalue weighted by Crippen LogP contribution is 2.34. The zero-order valence-corrected chi connectivity index (χ0v) is 11.9. The van der Waals surface area contributed by atoms with Gasteiger partial charge in [0.25, 0.3) is 0 Å². The summed E-state index contributed by atoms with van der Waals surface area (Å²) in [6, 6.07) is 0. The Bertz CT molecular complexity index is 272. The van der Waals surface area contributed by atoms with E-state index in [1.54, 1.807) is 0 Å². The number of hydrogen-bond donors (Lipinski definition) is 2. The van der Waals surface area contributed by atoms with E-state index in [9.17, 15) is 0 Å². The minimum Gasteiger partial charge on any atom is -0.379 e. The Morgan fingerprint density at radius 2 is 1.53 bits per heavy atom. The Labute approximate surface area is 115 Å². The van der Waals surface area contributed by atoms with Crippen molar-refractivity contribution in [3.63, 3.8) is 0 Å². The van der Waals surface area contributed by atoms with Crippen molar-refractivity contribution < 1.29 is 24.8 Å². The maximum absolute atomic E-state index is 5.67. The molecule has 0 amide bonds. The standard InChI is InChI=1S/C7H13NO2.C7H13NO/c1-2-9-4-7(3-8-1)5-10-6-7;1-2-7(3-1)6-8-4-5-9-7/h8H,1-6H2;8H,1-6H2/p+2. The Morgan fingerprint density at radius 1 is 0.789 bits per heavy atom. The van der Waals surface area contributed by atoms with Crippen LogP contribution in [0.15, 0.2) is 0 Å². The van der Waals surface area contributed by atoms with Crippen molar-refractivity contribution in [2.75, 3.05) is 59.2 Å². The monoisotopic (exact) mass is 272 g/mol. The molecule has 0 aromatic rings. The number of ether oxygens (including phenoxy) is 3. The van der Waals surface area contributed by atoms with Gasteiger partial charge in [-0.3, -0.25) is 0 Å². The summed E-state index contributed by atoms with van der Waals surface area (Å²) < 4.78 is 16.3. The second-order valence-corrected chi connectivity index (χ2v) is 6.49. The fraction of sp³-hybridized carbons (Fsp3) is 1.00. The van der Waals surface area contributed by atoms with Gasteiger partial charge in [0.1, 0.15) is 12.1 Å². The van der Waals surface area contributed by atoms with Crippen LogP contribution in [0.2, 0.25) is 0 Å². The highest BCUT2D eigenvalue weighted by Gasteiger charge is 2.42. The van der Waals surface area contributed by atoms with E-state index < -0.39 is 0 Å². The van der Waals surface area contributed by atoms with Gasteiger partial charge in [-0.25, -0.2) is 0 Å². The first-order valence-corrected chi connectivity index (χ1v) is 7.76. The molecule has 0 bridgehead atoms. The van der Waals surface area contributed by atoms with Gasteiger partial charge in [0.05, 0.1) is 58.1 Å². The van der Waals surface area contributed by atoms with Crippen molar-refractivity contribution in [3.8, 4) is 0 Å². The zero-order valence-electron chi connectivity index (χ0n) is 11.9. The first-order chi connectivity index (χ1) is 9.33. The van der Waals surface area contributed by atoms with Gasteiger partial charge in [-0.1, -0.05) is 0 Å². The maximum atomic E-state index is 5.67. The van der Waals surface area contributed by atoms with Gasteiger partial charge in [-0.2, -0.15) is 0 Å². The highest BCUT2D eigenvalue weighted by molar-refractivity contribution is 4.89. The van der Waals surface area contributed by atoms with Crippen LogP contribution in [0.3, 0.4) is 0 Å². The molecular formula is C14H28N2O3+2. The molecule has 4 N–H and O–H groups in total. The molecule has 2 spiro atoms. The van der Waals surface area contributed by atoms with Crippen molar-refractivity contribution in [2.45, 2.75) is 24.9 Å². The Kier molecular flexibility index (Phi) is 4.39. The summed E-state index contributed by atoms with van der Waals surface area (Å²) in [6.45, 7) is 9.28. The van der Waals surface area contributed by atoms with Crippen LogP contribution in [0.1, 0.15) is 19.3 Å². The van der Waals surface area contributed by atoms with Gasteiger partial charge in [0.2, 0.25) is 0 Å². The van der Waals surface area contributed by atoms with Gasteiger partial charge in [0, 0.05) is 0 Å². The van der Waals surface area contributed by atoms with Crippen molar-refractivity contribution in [1.29, 1.82) is 0 Å². The largest absolute Gasteiger partial charge is 0.379 e. The lowest BCUT2D eigenvalue weighted by atomic mass is 9.79. The molecule has 5 nitrogen and oxygen atoms in total. The van der Waals surface area contributed by atoms with Crippen LogP contribution in [0.25, 0.3) is 0 Å². The smallest absolute Gasteiger partial charge is 0.117 e. The average molecular weight is 272 g/mol. The number of rotatable bonds is 0. The van der Waals surface area contributed by atoms with Crippen LogP contribution in [0, 0.1) is 5.41 Å². The minimum absolute atomic E-state index is 0.345. The van der Waals surface area contributed by atoms with Crippen molar-refractivity contribution in [2.24, 2.45) is 5.41 Å². The SMILES string of the molecule is C1CC2(C1)C[NH2+]CCO2.C1COCC2(C[NH2+]1)COC2. The Hall–Kier alpha value is -0.200. The molecule has 3 aliphatic heterocycles. The molecule has 3 heterocycles. The quantitative estimate of drug-likeness (QED) is 0.541. The molecule has 0 atom stereocenters. The molecule has 0 unspecified atom stereocenters. The van der Waals surface area contributed by atoms with Crippen LogP contribution in [-0.2, 0) is 14.2 Å². The topological polar surface area (TPSA) is 60.9 Å². The average Bonchev–Trinajstić information content (AvgIpc) is 2.64. The van der Waals surface area contributed by atoms with Crippen molar-refractivity contribution in [1.82, 2.24) is 0 Å². The Morgan fingerprint density at radius 3 is 2.05 bits per heavy atom. The maximum Gasteiger partial charge on any atom is 0.117 e. The summed E-state index contributed by atoms with van der Waals surface area (Å²) in [5, 5.41) is 4.71. The van der Waals surface area contributed by atoms with Crippen LogP contribution in [0.5, 0.6) is 0 Å². The van der Waals surface area contributed by atoms with E-state index in [1.165, 1.54) is 38.9 Å². The van der Waals surface area contributed by atoms with Crippen LogP contribution >= 0.6 is 0 Å². The number of nitrogens with two attached hydrogens (primary N) is 2. The predicted octanol–water partition coefficient (Wildman–Crippen LogP) is -1.90. The van der Waals surface area contributed by atoms with E-state index in [-0.39, 0.29) is 0 Å². The number of morpholine rings is 1. The van der Waals surface area contributed by atoms with Gasteiger partial charge in [0.15, 0.2) is 0 Å². The molecule has 4 rings (SSSR count). The van der Waals surface area contributed by atoms with E-state index in [0.717, 1.165) is 39.6 Å². The molecule has 0 radical (unpaired) electrons. The number of hydrogen-bond acceptors (Lipinski definition) is 3. The summed E-state index contributed by atoms with van der Waals surface area (Å²) in [6.07, 6.45) is 4.00. The lowest BCUT2D eigenvalue weighted by Crippen LogP contribution is -2.92. The second kappa shape index (κ2) is 6.06. The molecule has 1 saturated carbocycles. The lowest BCUT2D eigenvalue weighted by molar-refractivity contribution is -0.688. The highest BCUT2D eigenvalue weighted by atomic mass is 16.5. The van der Waals surface area contributed by atoms with E-state index in [4.69, 9.17) is 14.2 Å². The molecular weight excluding hydrogens is 244 g/mol. The van der Waals surface area contributed by atoms with Crippen molar-refractivity contribution in [3.05, 3.63) is 0 Å². The van der Waals surface area contributed by atoms with E-state index >= 15 is 0 Å². The second-order valence-electron chi connectivity index (χ2n) is 6.49. The lowest BCUT2D eigenvalue weighted by Gasteiger charge is -2.42. The van der Waals surface area contributed by atoms with Gasteiger partial charge < -0.3 is 24.8 Å². The summed E-state index contributed by atoms with van der Waals surface area (Å²) in [5.74, 6) is 0. The Balaban J connectivity index is 0.000000117. The predicted molar refractivity (Wildman–Crippen MR) is 69.9 cm³/mol. The first-order valence-electron chi connectivity index (χ1n) is 7.76. The molecule has 3 saturated heterocycles. The van der Waals surface area contributed by atoms with Crippen LogP contribution < -0.4 is 10.6 Å². The molecule has 5 heteroatoms. The fourth-order valence-corrected chi connectivity index (χ4v) is 3.22. The van der Waals surface area contributed by atoms with Gasteiger partial charge in [-0.15, -0.1) is 0 Å². The van der Waals surface area contributed by atoms with Crippen LogP contribution in [0.4, 0.5) is 0 Å². The molecule has 4 fully saturated rings. The van der Waals surface area contributed by atoms with Gasteiger partial charge >= 0.3 is 0 Å². The van der Waals surface area contributed by atoms with E-state index in [1.807, 2.05) is 0 Å². The minimum atomic E-state index is 0.345. The molecule has 1 aliphatic carbocycles. The summed E-state index contributed by atoms with van der Waals surface area (Å²) >= 11 is 0. The molecule has 4 aliphatic rings. The molecule has 0 aromatic carbocycles. The van der Waals surface area contributed by atoms with E-state index in [0.29, 0.717) is 11.0 Å². The zero-order chi connectivity index (χ0) is 13.0. The van der Waals surface area contributed by atoms with Crippen LogP contribution in [-0.4, -0.2) is 64.8 Å². The number of quaternary nitrogens is 2. The molecule has 110 valence electrons. The van der Waals surface area contributed by atoms with E-state index in [2.05, 4.69) is 10.6 Å². The third kappa shape index (κ3) is 3.28. The fourth-order valence-electron chi connectivity index (χ4n) is 3.22. The molecule has 19 heavy (non-hydrogen) atoms.